The van der Waals surface area contributed by atoms with Gasteiger partial charge in [0.2, 0.25) is 6.79 Å². The van der Waals surface area contributed by atoms with Crippen LogP contribution in [-0.4, -0.2) is 66.7 Å². The number of ether oxygens (including phenoxy) is 3. The molecule has 0 aliphatic carbocycles. The van der Waals surface area contributed by atoms with Crippen molar-refractivity contribution >= 4 is 32.7 Å². The third kappa shape index (κ3) is 3.37. The van der Waals surface area contributed by atoms with E-state index in [0.717, 1.165) is 12.0 Å². The number of benzene rings is 1. The standard InChI is InChI=1S/C18H20N2O6S2/c21-17(14-2-1-5-24-14)19-18-20(12-8-28(22,23)9-16(12)27-18)7-11-3-4-13-15(6-11)26-10-25-13/h3-4,6,12,14,16H,1-2,5,7-10H2. The maximum absolute atomic E-state index is 12.5. The van der Waals surface area contributed by atoms with Gasteiger partial charge < -0.3 is 19.1 Å². The largest absolute Gasteiger partial charge is 0.454 e. The number of hydrogen-bond acceptors (Lipinski definition) is 7. The fraction of sp³-hybridized carbons (Fsp3) is 0.556. The van der Waals surface area contributed by atoms with Crippen molar-refractivity contribution in [3.05, 3.63) is 23.8 Å². The quantitative estimate of drug-likeness (QED) is 0.714. The number of thioether (sulfide) groups is 1. The summed E-state index contributed by atoms with van der Waals surface area (Å²) in [5.74, 6) is 1.30. The molecule has 10 heteroatoms. The summed E-state index contributed by atoms with van der Waals surface area (Å²) >= 11 is 1.39. The van der Waals surface area contributed by atoms with Crippen LogP contribution in [0.5, 0.6) is 11.5 Å². The molecular formula is C18H20N2O6S2. The molecule has 3 fully saturated rings. The van der Waals surface area contributed by atoms with Crippen molar-refractivity contribution in [3.8, 4) is 11.5 Å². The van der Waals surface area contributed by atoms with E-state index < -0.39 is 15.9 Å². The smallest absolute Gasteiger partial charge is 0.277 e. The Hall–Kier alpha value is -1.78. The highest BCUT2D eigenvalue weighted by molar-refractivity contribution is 8.15. The lowest BCUT2D eigenvalue weighted by molar-refractivity contribution is -0.126. The van der Waals surface area contributed by atoms with E-state index in [-0.39, 0.29) is 35.5 Å². The average Bonchev–Trinajstić information content (AvgIpc) is 3.41. The number of carbonyl (C=O) groups is 1. The number of aliphatic imine (C=N–C) groups is 1. The molecule has 0 aromatic heterocycles. The lowest BCUT2D eigenvalue weighted by atomic mass is 10.1. The van der Waals surface area contributed by atoms with Crippen LogP contribution in [0, 0.1) is 0 Å². The maximum atomic E-state index is 12.5. The molecule has 8 nitrogen and oxygen atoms in total. The minimum Gasteiger partial charge on any atom is -0.454 e. The summed E-state index contributed by atoms with van der Waals surface area (Å²) in [6.45, 7) is 1.24. The van der Waals surface area contributed by atoms with Gasteiger partial charge in [-0.15, -0.1) is 0 Å². The summed E-state index contributed by atoms with van der Waals surface area (Å²) in [5, 5.41) is 0.484. The van der Waals surface area contributed by atoms with Crippen molar-refractivity contribution in [3.63, 3.8) is 0 Å². The van der Waals surface area contributed by atoms with E-state index in [2.05, 4.69) is 4.99 Å². The predicted octanol–water partition coefficient (Wildman–Crippen LogP) is 1.19. The number of sulfone groups is 1. The number of amidine groups is 1. The SMILES string of the molecule is O=C(N=C1SC2CS(=O)(=O)CC2N1Cc1ccc2c(c1)OCO2)C1CCCO1. The van der Waals surface area contributed by atoms with E-state index in [9.17, 15) is 13.2 Å². The van der Waals surface area contributed by atoms with Gasteiger partial charge >= 0.3 is 0 Å². The van der Waals surface area contributed by atoms with Gasteiger partial charge in [-0.3, -0.25) is 4.79 Å². The Morgan fingerprint density at radius 3 is 2.93 bits per heavy atom. The van der Waals surface area contributed by atoms with Crippen LogP contribution >= 0.6 is 11.8 Å². The van der Waals surface area contributed by atoms with Crippen LogP contribution in [0.3, 0.4) is 0 Å². The fourth-order valence-corrected chi connectivity index (χ4v) is 7.95. The Kier molecular flexibility index (Phi) is 4.52. The molecule has 4 heterocycles. The zero-order valence-electron chi connectivity index (χ0n) is 15.1. The van der Waals surface area contributed by atoms with Crippen molar-refractivity contribution < 1.29 is 27.4 Å². The van der Waals surface area contributed by atoms with Crippen molar-refractivity contribution in [1.29, 1.82) is 0 Å². The zero-order chi connectivity index (χ0) is 19.3. The Morgan fingerprint density at radius 2 is 2.11 bits per heavy atom. The van der Waals surface area contributed by atoms with E-state index in [1.54, 1.807) is 0 Å². The van der Waals surface area contributed by atoms with Crippen molar-refractivity contribution in [1.82, 2.24) is 4.90 Å². The fourth-order valence-electron chi connectivity index (χ4n) is 4.00. The third-order valence-electron chi connectivity index (χ3n) is 5.38. The van der Waals surface area contributed by atoms with Crippen LogP contribution in [0.25, 0.3) is 0 Å². The first-order valence-corrected chi connectivity index (χ1v) is 11.9. The molecule has 1 aromatic carbocycles. The molecule has 1 amide bonds. The molecule has 0 spiro atoms. The summed E-state index contributed by atoms with van der Waals surface area (Å²) < 4.78 is 40.5. The highest BCUT2D eigenvalue weighted by atomic mass is 32.2. The van der Waals surface area contributed by atoms with E-state index in [1.807, 2.05) is 23.1 Å². The molecule has 28 heavy (non-hydrogen) atoms. The van der Waals surface area contributed by atoms with E-state index >= 15 is 0 Å². The normalized spacial score (nSPS) is 31.5. The molecule has 3 atom stereocenters. The van der Waals surface area contributed by atoms with Crippen LogP contribution in [0.4, 0.5) is 0 Å². The number of hydrogen-bond donors (Lipinski definition) is 0. The Bertz CT molecular complexity index is 941. The van der Waals surface area contributed by atoms with Crippen molar-refractivity contribution in [2.75, 3.05) is 24.9 Å². The minimum absolute atomic E-state index is 0.0857. The highest BCUT2D eigenvalue weighted by Gasteiger charge is 2.49. The van der Waals surface area contributed by atoms with Gasteiger partial charge in [0.15, 0.2) is 26.5 Å². The average molecular weight is 425 g/mol. The molecule has 0 bridgehead atoms. The third-order valence-corrected chi connectivity index (χ3v) is 8.62. The van der Waals surface area contributed by atoms with Crippen LogP contribution in [-0.2, 0) is 25.9 Å². The molecule has 4 aliphatic rings. The molecular weight excluding hydrogens is 404 g/mol. The number of amides is 1. The van der Waals surface area contributed by atoms with Crippen LogP contribution < -0.4 is 9.47 Å². The van der Waals surface area contributed by atoms with Crippen LogP contribution in [0.1, 0.15) is 18.4 Å². The summed E-state index contributed by atoms with van der Waals surface area (Å²) in [6.07, 6.45) is 1.06. The molecule has 5 rings (SSSR count). The number of nitrogens with zero attached hydrogens (tertiary/aromatic N) is 2. The van der Waals surface area contributed by atoms with Gasteiger partial charge in [-0.05, 0) is 30.5 Å². The molecule has 0 radical (unpaired) electrons. The Morgan fingerprint density at radius 1 is 1.25 bits per heavy atom. The number of fused-ring (bicyclic) bond motifs is 2. The zero-order valence-corrected chi connectivity index (χ0v) is 16.7. The second-order valence-electron chi connectivity index (χ2n) is 7.35. The second kappa shape index (κ2) is 6.93. The van der Waals surface area contributed by atoms with E-state index in [0.29, 0.717) is 36.2 Å². The topological polar surface area (TPSA) is 94.5 Å². The maximum Gasteiger partial charge on any atom is 0.277 e. The second-order valence-corrected chi connectivity index (χ2v) is 10.7. The highest BCUT2D eigenvalue weighted by Crippen LogP contribution is 2.40. The summed E-state index contributed by atoms with van der Waals surface area (Å²) in [4.78, 5) is 18.8. The van der Waals surface area contributed by atoms with Gasteiger partial charge in [-0.1, -0.05) is 17.8 Å². The molecule has 1 aromatic rings. The number of carbonyl (C=O) groups excluding carboxylic acids is 1. The van der Waals surface area contributed by atoms with Gasteiger partial charge in [0.05, 0.1) is 17.5 Å². The van der Waals surface area contributed by atoms with Crippen LogP contribution in [0.2, 0.25) is 0 Å². The lowest BCUT2D eigenvalue weighted by Gasteiger charge is -2.24. The number of rotatable bonds is 3. The van der Waals surface area contributed by atoms with Crippen molar-refractivity contribution in [2.45, 2.75) is 36.8 Å². The summed E-state index contributed by atoms with van der Waals surface area (Å²) in [5.41, 5.74) is 0.951. The molecule has 3 saturated heterocycles. The first kappa shape index (κ1) is 18.3. The van der Waals surface area contributed by atoms with E-state index in [1.165, 1.54) is 11.8 Å². The monoisotopic (exact) mass is 424 g/mol. The van der Waals surface area contributed by atoms with E-state index in [4.69, 9.17) is 14.2 Å². The summed E-state index contributed by atoms with van der Waals surface area (Å²) in [7, 11) is -3.08. The molecule has 0 saturated carbocycles. The van der Waals surface area contributed by atoms with Gasteiger partial charge in [0.1, 0.15) is 6.10 Å². The van der Waals surface area contributed by atoms with Gasteiger partial charge in [-0.2, -0.15) is 4.99 Å². The lowest BCUT2D eigenvalue weighted by Crippen LogP contribution is -2.37. The van der Waals surface area contributed by atoms with Gasteiger partial charge in [0, 0.05) is 18.4 Å². The molecule has 3 unspecified atom stereocenters. The summed E-state index contributed by atoms with van der Waals surface area (Å²) in [6, 6.07) is 5.48. The molecule has 0 N–H and O–H groups in total. The first-order chi connectivity index (χ1) is 13.5. The first-order valence-electron chi connectivity index (χ1n) is 9.25. The van der Waals surface area contributed by atoms with Crippen LogP contribution in [0.15, 0.2) is 23.2 Å². The van der Waals surface area contributed by atoms with Gasteiger partial charge in [-0.25, -0.2) is 8.42 Å². The minimum atomic E-state index is -3.08. The Labute approximate surface area is 167 Å². The Balaban J connectivity index is 1.42. The van der Waals surface area contributed by atoms with Crippen molar-refractivity contribution in [2.24, 2.45) is 4.99 Å². The molecule has 150 valence electrons. The van der Waals surface area contributed by atoms with Gasteiger partial charge in [0.25, 0.3) is 5.91 Å². The molecule has 4 aliphatic heterocycles. The predicted molar refractivity (Wildman–Crippen MR) is 103 cm³/mol.